The molecule has 6 nitrogen and oxygen atoms in total. The molecule has 0 spiro atoms. The second-order valence-electron chi connectivity index (χ2n) is 8.38. The van der Waals surface area contributed by atoms with Gasteiger partial charge in [-0.05, 0) is 31.7 Å². The number of piperazine rings is 1. The minimum absolute atomic E-state index is 0.00702. The lowest BCUT2D eigenvalue weighted by Gasteiger charge is -2.39. The molecule has 6 heteroatoms. The van der Waals surface area contributed by atoms with Crippen LogP contribution in [0.25, 0.3) is 0 Å². The molecule has 4 rings (SSSR count). The summed E-state index contributed by atoms with van der Waals surface area (Å²) in [4.78, 5) is 43.9. The molecule has 150 valence electrons. The van der Waals surface area contributed by atoms with Gasteiger partial charge in [0.15, 0.2) is 0 Å². The molecule has 0 unspecified atom stereocenters. The number of hydrogen-bond donors (Lipinski definition) is 0. The number of fused-ring (bicyclic) bond motifs is 1. The number of carbonyl (C=O) groups is 3. The van der Waals surface area contributed by atoms with E-state index < -0.39 is 6.04 Å². The van der Waals surface area contributed by atoms with E-state index in [-0.39, 0.29) is 30.2 Å². The maximum absolute atomic E-state index is 13.1. The van der Waals surface area contributed by atoms with Crippen molar-refractivity contribution in [3.05, 3.63) is 35.4 Å². The molecule has 1 atom stereocenters. The van der Waals surface area contributed by atoms with Gasteiger partial charge in [-0.2, -0.15) is 0 Å². The second-order valence-corrected chi connectivity index (χ2v) is 8.38. The van der Waals surface area contributed by atoms with Crippen LogP contribution in [0.4, 0.5) is 0 Å². The Kier molecular flexibility index (Phi) is 5.38. The van der Waals surface area contributed by atoms with Gasteiger partial charge in [0.2, 0.25) is 17.7 Å². The van der Waals surface area contributed by atoms with Gasteiger partial charge < -0.3 is 14.7 Å². The Morgan fingerprint density at radius 3 is 2.61 bits per heavy atom. The third-order valence-electron chi connectivity index (χ3n) is 6.37. The molecule has 1 aromatic carbocycles. The number of amides is 3. The van der Waals surface area contributed by atoms with E-state index >= 15 is 0 Å². The molecular formula is C22H29N3O3. The smallest absolute Gasteiger partial charge is 0.246 e. The minimum Gasteiger partial charge on any atom is -0.341 e. The van der Waals surface area contributed by atoms with Gasteiger partial charge in [0.05, 0.1) is 0 Å². The molecule has 2 saturated heterocycles. The lowest BCUT2D eigenvalue weighted by atomic mass is 10.0. The lowest BCUT2D eigenvalue weighted by molar-refractivity contribution is -0.156. The Balaban J connectivity index is 1.45. The summed E-state index contributed by atoms with van der Waals surface area (Å²) in [6.45, 7) is 4.18. The Morgan fingerprint density at radius 2 is 1.86 bits per heavy atom. The zero-order valence-corrected chi connectivity index (χ0v) is 16.6. The SMILES string of the molecule is Cc1cccc(CN2CC(=O)N3CCN(C(=O)C4CCCC4)CC[C@H]3C2=O)c1. The second kappa shape index (κ2) is 7.94. The van der Waals surface area contributed by atoms with E-state index in [0.717, 1.165) is 36.8 Å². The van der Waals surface area contributed by atoms with Crippen LogP contribution < -0.4 is 0 Å². The van der Waals surface area contributed by atoms with E-state index in [1.807, 2.05) is 30.0 Å². The Morgan fingerprint density at radius 1 is 1.07 bits per heavy atom. The molecule has 3 amide bonds. The number of carbonyl (C=O) groups excluding carboxylic acids is 3. The van der Waals surface area contributed by atoms with Crippen LogP contribution in [0, 0.1) is 12.8 Å². The molecule has 0 bridgehead atoms. The van der Waals surface area contributed by atoms with Crippen LogP contribution in [0.2, 0.25) is 0 Å². The summed E-state index contributed by atoms with van der Waals surface area (Å²) in [5, 5.41) is 0. The maximum atomic E-state index is 13.1. The molecular weight excluding hydrogens is 354 g/mol. The van der Waals surface area contributed by atoms with Crippen molar-refractivity contribution in [2.75, 3.05) is 26.2 Å². The number of nitrogens with zero attached hydrogens (tertiary/aromatic N) is 3. The van der Waals surface area contributed by atoms with Crippen LogP contribution >= 0.6 is 0 Å². The van der Waals surface area contributed by atoms with Crippen molar-refractivity contribution in [3.8, 4) is 0 Å². The molecule has 1 saturated carbocycles. The Hall–Kier alpha value is -2.37. The largest absolute Gasteiger partial charge is 0.341 e. The van der Waals surface area contributed by atoms with Crippen molar-refractivity contribution in [2.24, 2.45) is 5.92 Å². The first-order chi connectivity index (χ1) is 13.5. The standard InChI is InChI=1S/C22H29N3O3/c1-16-5-4-6-17(13-16)14-24-15-20(26)25-12-11-23(10-9-19(25)22(24)28)21(27)18-7-2-3-8-18/h4-6,13,18-19H,2-3,7-12,14-15H2,1H3/t19-/m0/s1. The first kappa shape index (κ1) is 19.0. The van der Waals surface area contributed by atoms with Crippen molar-refractivity contribution >= 4 is 17.7 Å². The summed E-state index contributed by atoms with van der Waals surface area (Å²) in [5.74, 6) is 0.358. The van der Waals surface area contributed by atoms with Crippen molar-refractivity contribution in [1.29, 1.82) is 0 Å². The van der Waals surface area contributed by atoms with E-state index in [4.69, 9.17) is 0 Å². The van der Waals surface area contributed by atoms with Crippen LogP contribution in [0.1, 0.15) is 43.2 Å². The molecule has 2 heterocycles. The number of benzene rings is 1. The van der Waals surface area contributed by atoms with Gasteiger partial charge >= 0.3 is 0 Å². The third-order valence-corrected chi connectivity index (χ3v) is 6.37. The van der Waals surface area contributed by atoms with Crippen molar-refractivity contribution < 1.29 is 14.4 Å². The molecule has 1 aliphatic carbocycles. The molecule has 3 aliphatic rings. The van der Waals surface area contributed by atoms with Crippen LogP contribution in [-0.4, -0.2) is 64.6 Å². The zero-order valence-electron chi connectivity index (χ0n) is 16.6. The number of aryl methyl sites for hydroxylation is 1. The average Bonchev–Trinajstić information content (AvgIpc) is 3.11. The summed E-state index contributed by atoms with van der Waals surface area (Å²) in [7, 11) is 0. The normalized spacial score (nSPS) is 23.8. The van der Waals surface area contributed by atoms with E-state index in [1.54, 1.807) is 9.80 Å². The summed E-state index contributed by atoms with van der Waals surface area (Å²) < 4.78 is 0. The van der Waals surface area contributed by atoms with Crippen LogP contribution in [0.5, 0.6) is 0 Å². The van der Waals surface area contributed by atoms with E-state index in [2.05, 4.69) is 6.07 Å². The van der Waals surface area contributed by atoms with E-state index in [1.165, 1.54) is 0 Å². The zero-order chi connectivity index (χ0) is 19.7. The molecule has 2 aliphatic heterocycles. The number of rotatable bonds is 3. The fourth-order valence-corrected chi connectivity index (χ4v) is 4.84. The predicted octanol–water partition coefficient (Wildman–Crippen LogP) is 1.96. The van der Waals surface area contributed by atoms with Crippen molar-refractivity contribution in [1.82, 2.24) is 14.7 Å². The van der Waals surface area contributed by atoms with E-state index in [0.29, 0.717) is 32.6 Å². The third kappa shape index (κ3) is 3.77. The maximum Gasteiger partial charge on any atom is 0.246 e. The van der Waals surface area contributed by atoms with Gasteiger partial charge in [-0.1, -0.05) is 42.7 Å². The van der Waals surface area contributed by atoms with Crippen LogP contribution in [-0.2, 0) is 20.9 Å². The summed E-state index contributed by atoms with van der Waals surface area (Å²) in [6.07, 6.45) is 4.75. The van der Waals surface area contributed by atoms with Crippen LogP contribution in [0.3, 0.4) is 0 Å². The van der Waals surface area contributed by atoms with Gasteiger partial charge in [0.25, 0.3) is 0 Å². The van der Waals surface area contributed by atoms with Crippen molar-refractivity contribution in [2.45, 2.75) is 51.6 Å². The summed E-state index contributed by atoms with van der Waals surface area (Å²) >= 11 is 0. The number of hydrogen-bond acceptors (Lipinski definition) is 3. The predicted molar refractivity (Wildman–Crippen MR) is 105 cm³/mol. The Bertz CT molecular complexity index is 772. The minimum atomic E-state index is -0.438. The highest BCUT2D eigenvalue weighted by Crippen LogP contribution is 2.28. The van der Waals surface area contributed by atoms with Crippen LogP contribution in [0.15, 0.2) is 24.3 Å². The molecule has 0 aromatic heterocycles. The fourth-order valence-electron chi connectivity index (χ4n) is 4.84. The molecule has 0 radical (unpaired) electrons. The van der Waals surface area contributed by atoms with Gasteiger partial charge in [0.1, 0.15) is 12.6 Å². The first-order valence-corrected chi connectivity index (χ1v) is 10.5. The van der Waals surface area contributed by atoms with Gasteiger partial charge in [-0.25, -0.2) is 0 Å². The highest BCUT2D eigenvalue weighted by molar-refractivity contribution is 5.95. The van der Waals surface area contributed by atoms with Gasteiger partial charge in [-0.15, -0.1) is 0 Å². The summed E-state index contributed by atoms with van der Waals surface area (Å²) in [5.41, 5.74) is 2.19. The monoisotopic (exact) mass is 383 g/mol. The van der Waals surface area contributed by atoms with E-state index in [9.17, 15) is 14.4 Å². The molecule has 0 N–H and O–H groups in total. The van der Waals surface area contributed by atoms with Crippen molar-refractivity contribution in [3.63, 3.8) is 0 Å². The highest BCUT2D eigenvalue weighted by Gasteiger charge is 2.41. The topological polar surface area (TPSA) is 60.9 Å². The summed E-state index contributed by atoms with van der Waals surface area (Å²) in [6, 6.07) is 7.61. The average molecular weight is 383 g/mol. The van der Waals surface area contributed by atoms with Gasteiger partial charge in [-0.3, -0.25) is 14.4 Å². The van der Waals surface area contributed by atoms with Gasteiger partial charge in [0, 0.05) is 32.1 Å². The first-order valence-electron chi connectivity index (χ1n) is 10.5. The fraction of sp³-hybridized carbons (Fsp3) is 0.591. The molecule has 28 heavy (non-hydrogen) atoms. The quantitative estimate of drug-likeness (QED) is 0.802. The lowest BCUT2D eigenvalue weighted by Crippen LogP contribution is -2.59. The molecule has 3 fully saturated rings. The Labute approximate surface area is 166 Å². The molecule has 1 aromatic rings. The highest BCUT2D eigenvalue weighted by atomic mass is 16.2.